The number of aromatic nitrogens is 2. The number of benzene rings is 1. The largest absolute Gasteiger partial charge is 0.496 e. The Bertz CT molecular complexity index is 637. The van der Waals surface area contributed by atoms with E-state index in [1.807, 2.05) is 18.2 Å². The van der Waals surface area contributed by atoms with Gasteiger partial charge in [-0.25, -0.2) is 4.79 Å². The van der Waals surface area contributed by atoms with Crippen LogP contribution in [-0.2, 0) is 11.8 Å². The van der Waals surface area contributed by atoms with E-state index >= 15 is 0 Å². The molecule has 0 atom stereocenters. The number of ether oxygens (including phenoxy) is 2. The highest BCUT2D eigenvalue weighted by Gasteiger charge is 2.17. The molecule has 0 unspecified atom stereocenters. The number of hydrogen-bond acceptors (Lipinski definition) is 4. The van der Waals surface area contributed by atoms with Gasteiger partial charge >= 0.3 is 5.97 Å². The second kappa shape index (κ2) is 6.09. The second-order valence-electron chi connectivity index (χ2n) is 4.10. The minimum atomic E-state index is -0.427. The third-order valence-electron chi connectivity index (χ3n) is 2.80. The van der Waals surface area contributed by atoms with Gasteiger partial charge in [0, 0.05) is 17.1 Å². The van der Waals surface area contributed by atoms with E-state index in [0.29, 0.717) is 12.4 Å². The Kier molecular flexibility index (Phi) is 4.44. The standard InChI is InChI=1S/C14H15BrN2O3/c1-4-20-14(18)11-8-12(17(2)16-11)10-7-9(15)5-6-13(10)19-3/h5-8H,4H2,1-3H3. The maximum Gasteiger partial charge on any atom is 0.358 e. The Hall–Kier alpha value is -1.82. The molecule has 20 heavy (non-hydrogen) atoms. The molecule has 0 bridgehead atoms. The van der Waals surface area contributed by atoms with Crippen molar-refractivity contribution in [1.82, 2.24) is 9.78 Å². The van der Waals surface area contributed by atoms with Gasteiger partial charge in [0.25, 0.3) is 0 Å². The fourth-order valence-corrected chi connectivity index (χ4v) is 2.27. The summed E-state index contributed by atoms with van der Waals surface area (Å²) in [5.41, 5.74) is 1.92. The summed E-state index contributed by atoms with van der Waals surface area (Å²) in [5, 5.41) is 4.18. The molecule has 6 heteroatoms. The molecule has 2 aromatic rings. The highest BCUT2D eigenvalue weighted by Crippen LogP contribution is 2.32. The van der Waals surface area contributed by atoms with Crippen LogP contribution in [0.15, 0.2) is 28.7 Å². The monoisotopic (exact) mass is 338 g/mol. The maximum absolute atomic E-state index is 11.7. The van der Waals surface area contributed by atoms with Crippen molar-refractivity contribution >= 4 is 21.9 Å². The third kappa shape index (κ3) is 2.85. The average Bonchev–Trinajstić information content (AvgIpc) is 2.81. The van der Waals surface area contributed by atoms with Crippen LogP contribution in [-0.4, -0.2) is 29.5 Å². The van der Waals surface area contributed by atoms with E-state index in [1.165, 1.54) is 0 Å². The predicted octanol–water partition coefficient (Wildman–Crippen LogP) is 3.03. The van der Waals surface area contributed by atoms with Crippen LogP contribution in [0.1, 0.15) is 17.4 Å². The molecule has 2 rings (SSSR count). The minimum absolute atomic E-state index is 0.284. The van der Waals surface area contributed by atoms with Crippen molar-refractivity contribution in [2.75, 3.05) is 13.7 Å². The van der Waals surface area contributed by atoms with Crippen LogP contribution in [0.5, 0.6) is 5.75 Å². The van der Waals surface area contributed by atoms with Gasteiger partial charge in [-0.05, 0) is 31.2 Å². The van der Waals surface area contributed by atoms with E-state index in [2.05, 4.69) is 21.0 Å². The number of carbonyl (C=O) groups is 1. The molecule has 0 amide bonds. The van der Waals surface area contributed by atoms with Gasteiger partial charge in [-0.15, -0.1) is 0 Å². The molecule has 5 nitrogen and oxygen atoms in total. The lowest BCUT2D eigenvalue weighted by Crippen LogP contribution is -2.05. The normalized spacial score (nSPS) is 10.4. The number of nitrogens with zero attached hydrogens (tertiary/aromatic N) is 2. The molecule has 0 N–H and O–H groups in total. The molecule has 1 aromatic heterocycles. The Labute approximate surface area is 125 Å². The fourth-order valence-electron chi connectivity index (χ4n) is 1.90. The summed E-state index contributed by atoms with van der Waals surface area (Å²) in [4.78, 5) is 11.7. The van der Waals surface area contributed by atoms with E-state index < -0.39 is 5.97 Å². The van der Waals surface area contributed by atoms with E-state index in [1.54, 1.807) is 31.8 Å². The Balaban J connectivity index is 2.48. The number of carbonyl (C=O) groups excluding carboxylic acids is 1. The van der Waals surface area contributed by atoms with Crippen LogP contribution < -0.4 is 4.74 Å². The van der Waals surface area contributed by atoms with Gasteiger partial charge in [-0.1, -0.05) is 15.9 Å². The van der Waals surface area contributed by atoms with Crippen molar-refractivity contribution in [3.63, 3.8) is 0 Å². The summed E-state index contributed by atoms with van der Waals surface area (Å²) in [7, 11) is 3.38. The van der Waals surface area contributed by atoms with Crippen LogP contribution in [0.2, 0.25) is 0 Å². The molecule has 0 aliphatic carbocycles. The van der Waals surface area contributed by atoms with Crippen LogP contribution in [0.3, 0.4) is 0 Å². The lowest BCUT2D eigenvalue weighted by atomic mass is 10.1. The molecule has 1 heterocycles. The zero-order chi connectivity index (χ0) is 14.7. The number of esters is 1. The number of hydrogen-bond donors (Lipinski definition) is 0. The molecule has 1 aromatic carbocycles. The highest BCUT2D eigenvalue weighted by molar-refractivity contribution is 9.10. The molecular formula is C14H15BrN2O3. The van der Waals surface area contributed by atoms with Crippen molar-refractivity contribution in [2.24, 2.45) is 7.05 Å². The van der Waals surface area contributed by atoms with Crippen LogP contribution in [0.25, 0.3) is 11.3 Å². The maximum atomic E-state index is 11.7. The number of rotatable bonds is 4. The number of methoxy groups -OCH3 is 1. The molecule has 0 saturated carbocycles. The molecule has 0 aliphatic rings. The van der Waals surface area contributed by atoms with E-state index in [-0.39, 0.29) is 5.69 Å². The fraction of sp³-hybridized carbons (Fsp3) is 0.286. The van der Waals surface area contributed by atoms with Crippen molar-refractivity contribution in [2.45, 2.75) is 6.92 Å². The lowest BCUT2D eigenvalue weighted by Gasteiger charge is -2.08. The summed E-state index contributed by atoms with van der Waals surface area (Å²) in [5.74, 6) is 0.287. The Morgan fingerprint density at radius 1 is 1.40 bits per heavy atom. The minimum Gasteiger partial charge on any atom is -0.496 e. The van der Waals surface area contributed by atoms with Gasteiger partial charge in [0.1, 0.15) is 5.75 Å². The van der Waals surface area contributed by atoms with Crippen LogP contribution in [0, 0.1) is 0 Å². The first-order chi connectivity index (χ1) is 9.56. The molecule has 0 saturated heterocycles. The van der Waals surface area contributed by atoms with Crippen molar-refractivity contribution in [3.05, 3.63) is 34.4 Å². The van der Waals surface area contributed by atoms with Crippen LogP contribution in [0.4, 0.5) is 0 Å². The van der Waals surface area contributed by atoms with E-state index in [0.717, 1.165) is 15.7 Å². The van der Waals surface area contributed by atoms with Gasteiger partial charge in [0.05, 0.1) is 19.4 Å². The van der Waals surface area contributed by atoms with Crippen molar-refractivity contribution < 1.29 is 14.3 Å². The average molecular weight is 339 g/mol. The summed E-state index contributed by atoms with van der Waals surface area (Å²) in [6.07, 6.45) is 0. The number of halogens is 1. The topological polar surface area (TPSA) is 53.4 Å². The van der Waals surface area contributed by atoms with Gasteiger partial charge in [-0.3, -0.25) is 4.68 Å². The summed E-state index contributed by atoms with van der Waals surface area (Å²) in [6.45, 7) is 2.09. The van der Waals surface area contributed by atoms with Gasteiger partial charge in [0.2, 0.25) is 0 Å². The van der Waals surface area contributed by atoms with Crippen LogP contribution >= 0.6 is 15.9 Å². The lowest BCUT2D eigenvalue weighted by molar-refractivity contribution is 0.0518. The Morgan fingerprint density at radius 2 is 2.15 bits per heavy atom. The predicted molar refractivity (Wildman–Crippen MR) is 78.9 cm³/mol. The van der Waals surface area contributed by atoms with Gasteiger partial charge < -0.3 is 9.47 Å². The molecule has 0 radical (unpaired) electrons. The molecule has 0 fully saturated rings. The van der Waals surface area contributed by atoms with Crippen molar-refractivity contribution in [3.8, 4) is 17.0 Å². The molecule has 106 valence electrons. The second-order valence-corrected chi connectivity index (χ2v) is 5.02. The quantitative estimate of drug-likeness (QED) is 0.804. The van der Waals surface area contributed by atoms with E-state index in [9.17, 15) is 4.79 Å². The number of aryl methyl sites for hydroxylation is 1. The highest BCUT2D eigenvalue weighted by atomic mass is 79.9. The Morgan fingerprint density at radius 3 is 2.80 bits per heavy atom. The first-order valence-electron chi connectivity index (χ1n) is 6.12. The first kappa shape index (κ1) is 14.6. The summed E-state index contributed by atoms with van der Waals surface area (Å²) < 4.78 is 12.9. The summed E-state index contributed by atoms with van der Waals surface area (Å²) in [6, 6.07) is 7.37. The smallest absolute Gasteiger partial charge is 0.358 e. The van der Waals surface area contributed by atoms with Gasteiger partial charge in [0.15, 0.2) is 5.69 Å². The molecule has 0 spiro atoms. The SMILES string of the molecule is CCOC(=O)c1cc(-c2cc(Br)ccc2OC)n(C)n1. The zero-order valence-electron chi connectivity index (χ0n) is 11.5. The molecule has 0 aliphatic heterocycles. The summed E-state index contributed by atoms with van der Waals surface area (Å²) >= 11 is 3.43. The first-order valence-corrected chi connectivity index (χ1v) is 6.91. The van der Waals surface area contributed by atoms with Gasteiger partial charge in [-0.2, -0.15) is 5.10 Å². The third-order valence-corrected chi connectivity index (χ3v) is 3.30. The van der Waals surface area contributed by atoms with Crippen molar-refractivity contribution in [1.29, 1.82) is 0 Å². The van der Waals surface area contributed by atoms with E-state index in [4.69, 9.17) is 9.47 Å². The molecular weight excluding hydrogens is 324 g/mol. The zero-order valence-corrected chi connectivity index (χ0v) is 13.1.